The van der Waals surface area contributed by atoms with E-state index in [2.05, 4.69) is 67.2 Å². The topological polar surface area (TPSA) is 6.48 Å². The Labute approximate surface area is 109 Å². The molecule has 1 aliphatic carbocycles. The number of likely N-dealkylation sites (N-methyl/N-ethyl adjacent to an activating group) is 2. The maximum atomic E-state index is 2.40. The van der Waals surface area contributed by atoms with E-state index in [0.29, 0.717) is 6.17 Å². The van der Waals surface area contributed by atoms with Crippen LogP contribution in [-0.4, -0.2) is 20.3 Å². The van der Waals surface area contributed by atoms with Gasteiger partial charge in [-0.05, 0) is 43.0 Å². The van der Waals surface area contributed by atoms with Crippen molar-refractivity contribution in [2.24, 2.45) is 0 Å². The standard InChI is InChI=1S/C16H20N2/c1-12-8-4-5-9-13(12)16-17(2)14-10-6-7-11-15(14)18(16)3/h4,6-8,10-11,16H,5,9H2,1-3H3. The molecule has 94 valence electrons. The molecule has 2 heteroatoms. The molecule has 1 heterocycles. The zero-order valence-electron chi connectivity index (χ0n) is 11.4. The molecule has 0 amide bonds. The number of nitrogens with zero attached hydrogens (tertiary/aromatic N) is 2. The van der Waals surface area contributed by atoms with Gasteiger partial charge in [0.25, 0.3) is 0 Å². The van der Waals surface area contributed by atoms with E-state index in [-0.39, 0.29) is 0 Å². The van der Waals surface area contributed by atoms with Crippen LogP contribution in [0, 0.1) is 0 Å². The molecule has 3 rings (SSSR count). The van der Waals surface area contributed by atoms with Crippen LogP contribution in [0.1, 0.15) is 19.8 Å². The highest BCUT2D eigenvalue weighted by Crippen LogP contribution is 2.41. The van der Waals surface area contributed by atoms with Crippen LogP contribution < -0.4 is 9.80 Å². The molecule has 2 nitrogen and oxygen atoms in total. The van der Waals surface area contributed by atoms with Gasteiger partial charge in [0.15, 0.2) is 0 Å². The lowest BCUT2D eigenvalue weighted by Crippen LogP contribution is -2.41. The minimum atomic E-state index is 0.382. The van der Waals surface area contributed by atoms with Gasteiger partial charge in [-0.3, -0.25) is 0 Å². The molecule has 2 aliphatic rings. The summed E-state index contributed by atoms with van der Waals surface area (Å²) in [4.78, 5) is 4.79. The quantitative estimate of drug-likeness (QED) is 0.740. The van der Waals surface area contributed by atoms with E-state index in [9.17, 15) is 0 Å². The highest BCUT2D eigenvalue weighted by Gasteiger charge is 2.33. The number of rotatable bonds is 1. The van der Waals surface area contributed by atoms with E-state index in [1.54, 1.807) is 5.57 Å². The number of benzene rings is 1. The van der Waals surface area contributed by atoms with Crippen LogP contribution in [0.15, 0.2) is 47.6 Å². The van der Waals surface area contributed by atoms with Gasteiger partial charge in [0, 0.05) is 14.1 Å². The number of hydrogen-bond donors (Lipinski definition) is 0. The molecule has 0 fully saturated rings. The maximum absolute atomic E-state index is 2.40. The summed E-state index contributed by atoms with van der Waals surface area (Å²) in [6.07, 6.45) is 7.27. The number of fused-ring (bicyclic) bond motifs is 1. The monoisotopic (exact) mass is 240 g/mol. The molecular weight excluding hydrogens is 220 g/mol. The van der Waals surface area contributed by atoms with Gasteiger partial charge in [0.2, 0.25) is 0 Å². The minimum absolute atomic E-state index is 0.382. The first-order chi connectivity index (χ1) is 8.70. The van der Waals surface area contributed by atoms with E-state index in [0.717, 1.165) is 0 Å². The SMILES string of the molecule is CC1=C(C2N(C)c3ccccc3N2C)CCC=C1. The fourth-order valence-electron chi connectivity index (χ4n) is 3.19. The molecule has 0 spiro atoms. The summed E-state index contributed by atoms with van der Waals surface area (Å²) in [6.45, 7) is 2.23. The van der Waals surface area contributed by atoms with Gasteiger partial charge in [0.1, 0.15) is 6.17 Å². The van der Waals surface area contributed by atoms with Crippen molar-refractivity contribution in [3.63, 3.8) is 0 Å². The molecule has 0 atom stereocenters. The first kappa shape index (κ1) is 11.4. The molecule has 1 aromatic carbocycles. The van der Waals surface area contributed by atoms with Crippen LogP contribution in [0.4, 0.5) is 11.4 Å². The first-order valence-corrected chi connectivity index (χ1v) is 6.61. The van der Waals surface area contributed by atoms with Gasteiger partial charge >= 0.3 is 0 Å². The van der Waals surface area contributed by atoms with Crippen LogP contribution in [0.5, 0.6) is 0 Å². The summed E-state index contributed by atoms with van der Waals surface area (Å²) in [5.41, 5.74) is 5.65. The second-order valence-corrected chi connectivity index (χ2v) is 5.23. The molecule has 0 aromatic heterocycles. The lowest BCUT2D eigenvalue weighted by molar-refractivity contribution is 0.686. The lowest BCUT2D eigenvalue weighted by atomic mass is 9.95. The Morgan fingerprint density at radius 3 is 2.22 bits per heavy atom. The van der Waals surface area contributed by atoms with Crippen molar-refractivity contribution >= 4 is 11.4 Å². The average Bonchev–Trinajstić information content (AvgIpc) is 2.64. The van der Waals surface area contributed by atoms with Gasteiger partial charge in [-0.1, -0.05) is 24.3 Å². The summed E-state index contributed by atoms with van der Waals surface area (Å²) < 4.78 is 0. The van der Waals surface area contributed by atoms with E-state index >= 15 is 0 Å². The molecule has 0 unspecified atom stereocenters. The number of anilines is 2. The van der Waals surface area contributed by atoms with E-state index < -0.39 is 0 Å². The van der Waals surface area contributed by atoms with Gasteiger partial charge in [0.05, 0.1) is 11.4 Å². The van der Waals surface area contributed by atoms with Gasteiger partial charge in [-0.2, -0.15) is 0 Å². The van der Waals surface area contributed by atoms with Gasteiger partial charge in [-0.15, -0.1) is 0 Å². The third kappa shape index (κ3) is 1.56. The predicted octanol–water partition coefficient (Wildman–Crippen LogP) is 3.57. The molecule has 0 saturated carbocycles. The van der Waals surface area contributed by atoms with Crippen molar-refractivity contribution in [2.45, 2.75) is 25.9 Å². The highest BCUT2D eigenvalue weighted by molar-refractivity contribution is 5.78. The number of para-hydroxylation sites is 2. The van der Waals surface area contributed by atoms with Crippen LogP contribution in [0.25, 0.3) is 0 Å². The van der Waals surface area contributed by atoms with Gasteiger partial charge < -0.3 is 9.80 Å². The van der Waals surface area contributed by atoms with Crippen LogP contribution in [0.3, 0.4) is 0 Å². The fourth-order valence-corrected chi connectivity index (χ4v) is 3.19. The van der Waals surface area contributed by atoms with E-state index in [4.69, 9.17) is 0 Å². The Bertz CT molecular complexity index is 499. The van der Waals surface area contributed by atoms with Crippen molar-refractivity contribution in [1.29, 1.82) is 0 Å². The summed E-state index contributed by atoms with van der Waals surface area (Å²) in [6, 6.07) is 8.65. The third-order valence-electron chi connectivity index (χ3n) is 4.14. The Balaban J connectivity index is 2.04. The molecule has 0 radical (unpaired) electrons. The Hall–Kier alpha value is -1.70. The molecule has 0 saturated heterocycles. The number of allylic oxidation sites excluding steroid dienone is 3. The Morgan fingerprint density at radius 1 is 1.06 bits per heavy atom. The van der Waals surface area contributed by atoms with E-state index in [1.807, 2.05) is 0 Å². The summed E-state index contributed by atoms with van der Waals surface area (Å²) in [5, 5.41) is 0. The lowest BCUT2D eigenvalue weighted by Gasteiger charge is -2.32. The number of hydrogen-bond acceptors (Lipinski definition) is 2. The summed E-state index contributed by atoms with van der Waals surface area (Å²) >= 11 is 0. The largest absolute Gasteiger partial charge is 0.349 e. The molecule has 0 bridgehead atoms. The second kappa shape index (κ2) is 4.20. The third-order valence-corrected chi connectivity index (χ3v) is 4.14. The molecular formula is C16H20N2. The Kier molecular flexibility index (Phi) is 2.66. The van der Waals surface area contributed by atoms with Gasteiger partial charge in [-0.25, -0.2) is 0 Å². The second-order valence-electron chi connectivity index (χ2n) is 5.23. The van der Waals surface area contributed by atoms with Crippen LogP contribution in [0.2, 0.25) is 0 Å². The molecule has 1 aromatic rings. The highest BCUT2D eigenvalue weighted by atomic mass is 15.4. The van der Waals surface area contributed by atoms with Crippen molar-refractivity contribution in [1.82, 2.24) is 0 Å². The van der Waals surface area contributed by atoms with Crippen LogP contribution in [-0.2, 0) is 0 Å². The molecule has 0 N–H and O–H groups in total. The predicted molar refractivity (Wildman–Crippen MR) is 78.1 cm³/mol. The average molecular weight is 240 g/mol. The minimum Gasteiger partial charge on any atom is -0.349 e. The van der Waals surface area contributed by atoms with Crippen molar-refractivity contribution in [2.75, 3.05) is 23.9 Å². The summed E-state index contributed by atoms with van der Waals surface area (Å²) in [5.74, 6) is 0. The van der Waals surface area contributed by atoms with E-state index in [1.165, 1.54) is 29.8 Å². The van der Waals surface area contributed by atoms with Crippen molar-refractivity contribution in [3.05, 3.63) is 47.6 Å². The smallest absolute Gasteiger partial charge is 0.124 e. The molecule has 1 aliphatic heterocycles. The van der Waals surface area contributed by atoms with Crippen LogP contribution >= 0.6 is 0 Å². The Morgan fingerprint density at radius 2 is 1.67 bits per heavy atom. The summed E-state index contributed by atoms with van der Waals surface area (Å²) in [7, 11) is 4.40. The normalized spacial score (nSPS) is 19.7. The fraction of sp³-hybridized carbons (Fsp3) is 0.375. The molecule has 18 heavy (non-hydrogen) atoms. The zero-order valence-corrected chi connectivity index (χ0v) is 11.4. The van der Waals surface area contributed by atoms with Crippen molar-refractivity contribution in [3.8, 4) is 0 Å². The first-order valence-electron chi connectivity index (χ1n) is 6.61. The zero-order chi connectivity index (χ0) is 12.7. The maximum Gasteiger partial charge on any atom is 0.124 e. The van der Waals surface area contributed by atoms with Crippen molar-refractivity contribution < 1.29 is 0 Å².